The molecule has 1 aromatic heterocycles. The molecule has 3 unspecified atom stereocenters. The highest BCUT2D eigenvalue weighted by molar-refractivity contribution is 5.03. The Balaban J connectivity index is 2.24. The van der Waals surface area contributed by atoms with E-state index in [1.807, 2.05) is 6.20 Å². The van der Waals surface area contributed by atoms with Crippen LogP contribution in [0.3, 0.4) is 0 Å². The topological polar surface area (TPSA) is 43.8 Å². The predicted octanol–water partition coefficient (Wildman–Crippen LogP) is 3.72. The second kappa shape index (κ2) is 5.28. The van der Waals surface area contributed by atoms with E-state index in [0.717, 1.165) is 12.3 Å². The highest BCUT2D eigenvalue weighted by atomic mass is 15.1. The van der Waals surface area contributed by atoms with Crippen LogP contribution < -0.4 is 5.73 Å². The summed E-state index contributed by atoms with van der Waals surface area (Å²) in [6.07, 6.45) is 7.60. The van der Waals surface area contributed by atoms with Gasteiger partial charge in [-0.1, -0.05) is 34.6 Å². The van der Waals surface area contributed by atoms with E-state index in [9.17, 15) is 0 Å². The lowest BCUT2D eigenvalue weighted by Crippen LogP contribution is -2.41. The lowest BCUT2D eigenvalue weighted by molar-refractivity contribution is 0.128. The first-order valence-electron chi connectivity index (χ1n) is 7.59. The Morgan fingerprint density at radius 2 is 2.00 bits per heavy atom. The van der Waals surface area contributed by atoms with Crippen LogP contribution in [0.5, 0.6) is 0 Å². The smallest absolute Gasteiger partial charge is 0.111 e. The van der Waals surface area contributed by atoms with Crippen LogP contribution in [0, 0.1) is 11.3 Å². The Bertz CT molecular complexity index is 414. The summed E-state index contributed by atoms with van der Waals surface area (Å²) in [6.45, 7) is 11.5. The standard InChI is InChI=1S/C16H29N3/c1-11(2)15-18-8-9-19(15)14-10-12(16(3,4)5)6-7-13(14)17/h8-9,11-14H,6-7,10,17H2,1-5H3. The summed E-state index contributed by atoms with van der Waals surface area (Å²) in [5.41, 5.74) is 6.77. The van der Waals surface area contributed by atoms with Crippen molar-refractivity contribution < 1.29 is 0 Å². The average molecular weight is 263 g/mol. The molecule has 1 aliphatic carbocycles. The fourth-order valence-electron chi connectivity index (χ4n) is 3.33. The summed E-state index contributed by atoms with van der Waals surface area (Å²) < 4.78 is 2.34. The van der Waals surface area contributed by atoms with Gasteiger partial charge in [0.25, 0.3) is 0 Å². The first-order valence-corrected chi connectivity index (χ1v) is 7.59. The molecule has 1 saturated carbocycles. The maximum Gasteiger partial charge on any atom is 0.111 e. The summed E-state index contributed by atoms with van der Waals surface area (Å²) in [7, 11) is 0. The normalized spacial score (nSPS) is 28.9. The summed E-state index contributed by atoms with van der Waals surface area (Å²) in [5.74, 6) is 2.38. The van der Waals surface area contributed by atoms with Crippen molar-refractivity contribution in [1.29, 1.82) is 0 Å². The van der Waals surface area contributed by atoms with Crippen molar-refractivity contribution >= 4 is 0 Å². The molecular weight excluding hydrogens is 234 g/mol. The average Bonchev–Trinajstić information content (AvgIpc) is 2.76. The largest absolute Gasteiger partial charge is 0.330 e. The van der Waals surface area contributed by atoms with Gasteiger partial charge in [-0.25, -0.2) is 4.98 Å². The third kappa shape index (κ3) is 3.02. The molecule has 0 aromatic carbocycles. The van der Waals surface area contributed by atoms with Gasteiger partial charge in [-0.05, 0) is 30.6 Å². The van der Waals surface area contributed by atoms with Gasteiger partial charge >= 0.3 is 0 Å². The first-order chi connectivity index (χ1) is 8.80. The number of hydrogen-bond donors (Lipinski definition) is 1. The number of hydrogen-bond acceptors (Lipinski definition) is 2. The summed E-state index contributed by atoms with van der Waals surface area (Å²) >= 11 is 0. The van der Waals surface area contributed by atoms with E-state index in [-0.39, 0.29) is 6.04 Å². The van der Waals surface area contributed by atoms with E-state index in [0.29, 0.717) is 17.4 Å². The molecule has 2 rings (SSSR count). The van der Waals surface area contributed by atoms with Gasteiger partial charge in [0.15, 0.2) is 0 Å². The zero-order valence-corrected chi connectivity index (χ0v) is 13.1. The van der Waals surface area contributed by atoms with Crippen molar-refractivity contribution in [3.8, 4) is 0 Å². The van der Waals surface area contributed by atoms with Crippen LogP contribution in [0.25, 0.3) is 0 Å². The van der Waals surface area contributed by atoms with Crippen molar-refractivity contribution in [1.82, 2.24) is 9.55 Å². The molecule has 3 nitrogen and oxygen atoms in total. The van der Waals surface area contributed by atoms with Crippen LogP contribution in [-0.4, -0.2) is 15.6 Å². The second-order valence-electron chi connectivity index (χ2n) is 7.45. The molecule has 0 saturated heterocycles. The fourth-order valence-corrected chi connectivity index (χ4v) is 3.33. The minimum Gasteiger partial charge on any atom is -0.330 e. The first kappa shape index (κ1) is 14.6. The Kier molecular flexibility index (Phi) is 4.05. The van der Waals surface area contributed by atoms with Crippen molar-refractivity contribution in [2.24, 2.45) is 17.1 Å². The number of imidazole rings is 1. The maximum atomic E-state index is 6.40. The molecule has 1 fully saturated rings. The summed E-state index contributed by atoms with van der Waals surface area (Å²) in [6, 6.07) is 0.683. The zero-order valence-electron chi connectivity index (χ0n) is 13.1. The Morgan fingerprint density at radius 1 is 1.32 bits per heavy atom. The molecule has 0 amide bonds. The summed E-state index contributed by atoms with van der Waals surface area (Å²) in [4.78, 5) is 4.52. The number of rotatable bonds is 2. The van der Waals surface area contributed by atoms with E-state index in [2.05, 4.69) is 50.4 Å². The van der Waals surface area contributed by atoms with E-state index < -0.39 is 0 Å². The molecule has 1 aromatic rings. The van der Waals surface area contributed by atoms with Crippen molar-refractivity contribution in [3.05, 3.63) is 18.2 Å². The fraction of sp³-hybridized carbons (Fsp3) is 0.812. The molecule has 3 heteroatoms. The molecule has 0 bridgehead atoms. The van der Waals surface area contributed by atoms with Crippen LogP contribution in [0.4, 0.5) is 0 Å². The molecule has 2 N–H and O–H groups in total. The van der Waals surface area contributed by atoms with Crippen molar-refractivity contribution in [3.63, 3.8) is 0 Å². The molecule has 1 heterocycles. The molecule has 19 heavy (non-hydrogen) atoms. The lowest BCUT2D eigenvalue weighted by Gasteiger charge is -2.41. The Labute approximate surface area is 117 Å². The van der Waals surface area contributed by atoms with Crippen LogP contribution >= 0.6 is 0 Å². The third-order valence-electron chi connectivity index (χ3n) is 4.67. The molecule has 108 valence electrons. The minimum absolute atomic E-state index is 0.269. The van der Waals surface area contributed by atoms with E-state index in [1.54, 1.807) is 0 Å². The molecule has 0 spiro atoms. The van der Waals surface area contributed by atoms with E-state index in [4.69, 9.17) is 5.73 Å². The number of nitrogens with zero attached hydrogens (tertiary/aromatic N) is 2. The molecule has 1 aliphatic rings. The van der Waals surface area contributed by atoms with Crippen molar-refractivity contribution in [2.75, 3.05) is 0 Å². The Morgan fingerprint density at radius 3 is 2.58 bits per heavy atom. The minimum atomic E-state index is 0.269. The van der Waals surface area contributed by atoms with Gasteiger partial charge in [0.2, 0.25) is 0 Å². The van der Waals surface area contributed by atoms with E-state index in [1.165, 1.54) is 18.7 Å². The van der Waals surface area contributed by atoms with Gasteiger partial charge in [0.05, 0.1) is 6.04 Å². The van der Waals surface area contributed by atoms with Crippen LogP contribution in [0.1, 0.15) is 71.7 Å². The monoisotopic (exact) mass is 263 g/mol. The molecule has 3 atom stereocenters. The number of aromatic nitrogens is 2. The zero-order chi connectivity index (χ0) is 14.2. The quantitative estimate of drug-likeness (QED) is 0.883. The van der Waals surface area contributed by atoms with E-state index >= 15 is 0 Å². The Hall–Kier alpha value is -0.830. The van der Waals surface area contributed by atoms with Gasteiger partial charge in [-0.15, -0.1) is 0 Å². The predicted molar refractivity (Wildman–Crippen MR) is 80.1 cm³/mol. The second-order valence-corrected chi connectivity index (χ2v) is 7.45. The van der Waals surface area contributed by atoms with Crippen LogP contribution in [-0.2, 0) is 0 Å². The molecule has 0 aliphatic heterocycles. The van der Waals surface area contributed by atoms with Gasteiger partial charge in [-0.3, -0.25) is 0 Å². The third-order valence-corrected chi connectivity index (χ3v) is 4.67. The lowest BCUT2D eigenvalue weighted by atomic mass is 9.69. The van der Waals surface area contributed by atoms with Gasteiger partial charge < -0.3 is 10.3 Å². The van der Waals surface area contributed by atoms with Gasteiger partial charge in [-0.2, -0.15) is 0 Å². The summed E-state index contributed by atoms with van der Waals surface area (Å²) in [5, 5.41) is 0. The van der Waals surface area contributed by atoms with Gasteiger partial charge in [0.1, 0.15) is 5.82 Å². The highest BCUT2D eigenvalue weighted by Gasteiger charge is 2.35. The molecule has 0 radical (unpaired) electrons. The van der Waals surface area contributed by atoms with Gasteiger partial charge in [0, 0.05) is 24.4 Å². The van der Waals surface area contributed by atoms with Crippen molar-refractivity contribution in [2.45, 2.75) is 71.9 Å². The number of nitrogens with two attached hydrogens (primary N) is 1. The SMILES string of the molecule is CC(C)c1nccn1C1CC(C(C)(C)C)CCC1N. The maximum absolute atomic E-state index is 6.40. The van der Waals surface area contributed by atoms with Crippen LogP contribution in [0.15, 0.2) is 12.4 Å². The van der Waals surface area contributed by atoms with Crippen LogP contribution in [0.2, 0.25) is 0 Å². The molecular formula is C16H29N3. The highest BCUT2D eigenvalue weighted by Crippen LogP contribution is 2.42.